The number of amides is 1. The van der Waals surface area contributed by atoms with Crippen LogP contribution in [0.1, 0.15) is 39.7 Å². The average molecular weight is 546 g/mol. The Morgan fingerprint density at radius 3 is 2.82 bits per heavy atom. The molecule has 0 bridgehead atoms. The fourth-order valence-corrected chi connectivity index (χ4v) is 6.46. The number of aliphatic imine (C=N–C) groups is 1. The summed E-state index contributed by atoms with van der Waals surface area (Å²) in [5.41, 5.74) is 8.42. The molecule has 39 heavy (non-hydrogen) atoms. The van der Waals surface area contributed by atoms with Crippen LogP contribution in [0.15, 0.2) is 40.7 Å². The van der Waals surface area contributed by atoms with Crippen LogP contribution in [-0.2, 0) is 13.1 Å². The fourth-order valence-electron chi connectivity index (χ4n) is 5.73. The molecule has 12 heteroatoms. The number of hydrogen-bond donors (Lipinski definition) is 1. The van der Waals surface area contributed by atoms with Crippen molar-refractivity contribution in [1.29, 1.82) is 0 Å². The fraction of sp³-hybridized carbons (Fsp3) is 0.370. The molecule has 7 rings (SSSR count). The molecule has 4 aromatic rings. The number of anilines is 2. The lowest BCUT2D eigenvalue weighted by atomic mass is 10.1. The molecule has 3 aromatic heterocycles. The quantitative estimate of drug-likeness (QED) is 0.410. The number of rotatable bonds is 5. The van der Waals surface area contributed by atoms with Crippen LogP contribution in [0.4, 0.5) is 16.2 Å². The summed E-state index contributed by atoms with van der Waals surface area (Å²) in [6, 6.07) is 9.32. The van der Waals surface area contributed by atoms with Gasteiger partial charge in [0.15, 0.2) is 11.5 Å². The number of aryl methyl sites for hydroxylation is 1. The summed E-state index contributed by atoms with van der Waals surface area (Å²) in [6.45, 7) is 4.88. The molecule has 0 saturated carbocycles. The molecule has 0 radical (unpaired) electrons. The van der Waals surface area contributed by atoms with E-state index in [1.165, 1.54) is 17.4 Å². The second-order valence-corrected chi connectivity index (χ2v) is 11.2. The predicted octanol–water partition coefficient (Wildman–Crippen LogP) is 3.14. The maximum absolute atomic E-state index is 14.7. The highest BCUT2D eigenvalue weighted by atomic mass is 32.1. The lowest BCUT2D eigenvalue weighted by Gasteiger charge is -2.33. The number of piperidine rings is 1. The van der Waals surface area contributed by atoms with Crippen molar-refractivity contribution < 1.29 is 9.18 Å². The summed E-state index contributed by atoms with van der Waals surface area (Å²) < 4.78 is 16.5. The third kappa shape index (κ3) is 4.05. The van der Waals surface area contributed by atoms with Gasteiger partial charge in [-0.25, -0.2) is 14.4 Å². The Kier molecular flexibility index (Phi) is 5.81. The van der Waals surface area contributed by atoms with Crippen molar-refractivity contribution in [2.75, 3.05) is 36.0 Å². The van der Waals surface area contributed by atoms with Crippen molar-refractivity contribution in [3.63, 3.8) is 0 Å². The number of carbonyl (C=O) groups is 1. The summed E-state index contributed by atoms with van der Waals surface area (Å²) in [5, 5.41) is 2.71. The normalized spacial score (nSPS) is 19.1. The minimum absolute atomic E-state index is 0.0174. The van der Waals surface area contributed by atoms with E-state index in [0.717, 1.165) is 36.0 Å². The summed E-state index contributed by atoms with van der Waals surface area (Å²) in [4.78, 5) is 39.7. The molecule has 0 spiro atoms. The lowest BCUT2D eigenvalue weighted by Crippen LogP contribution is -2.50. The van der Waals surface area contributed by atoms with E-state index in [0.29, 0.717) is 53.8 Å². The second kappa shape index (κ2) is 9.38. The number of halogens is 1. The molecule has 1 amide bonds. The molecule has 2 N–H and O–H groups in total. The largest absolute Gasteiger partial charge is 0.341 e. The van der Waals surface area contributed by atoms with Gasteiger partial charge in [0, 0.05) is 36.8 Å². The number of fused-ring (bicyclic) bond motifs is 4. The number of guanidine groups is 1. The third-order valence-corrected chi connectivity index (χ3v) is 8.45. The van der Waals surface area contributed by atoms with Gasteiger partial charge in [0.1, 0.15) is 11.6 Å². The Labute approximate surface area is 228 Å². The van der Waals surface area contributed by atoms with Crippen molar-refractivity contribution in [3.05, 3.63) is 63.6 Å². The highest BCUT2D eigenvalue weighted by Crippen LogP contribution is 2.36. The van der Waals surface area contributed by atoms with Crippen molar-refractivity contribution in [2.45, 2.75) is 38.9 Å². The highest BCUT2D eigenvalue weighted by Gasteiger charge is 2.43. The van der Waals surface area contributed by atoms with E-state index in [1.54, 1.807) is 10.3 Å². The Morgan fingerprint density at radius 2 is 2.00 bits per heavy atom. The minimum Gasteiger partial charge on any atom is -0.341 e. The van der Waals surface area contributed by atoms with Crippen LogP contribution in [-0.4, -0.2) is 68.5 Å². The van der Waals surface area contributed by atoms with E-state index in [9.17, 15) is 9.18 Å². The molecule has 200 valence electrons. The number of nitrogens with two attached hydrogens (primary N) is 1. The summed E-state index contributed by atoms with van der Waals surface area (Å²) in [7, 11) is 0. The van der Waals surface area contributed by atoms with Crippen LogP contribution in [0.3, 0.4) is 0 Å². The van der Waals surface area contributed by atoms with E-state index in [-0.39, 0.29) is 30.9 Å². The van der Waals surface area contributed by atoms with Crippen LogP contribution in [0, 0.1) is 12.7 Å². The zero-order chi connectivity index (χ0) is 26.7. The molecule has 1 fully saturated rings. The average Bonchev–Trinajstić information content (AvgIpc) is 3.66. The molecule has 6 heterocycles. The Hall–Kier alpha value is -3.90. The van der Waals surface area contributed by atoms with Gasteiger partial charge in [-0.2, -0.15) is 4.98 Å². The number of aromatic nitrogens is 4. The maximum Gasteiger partial charge on any atom is 0.281 e. The number of thiophene rings is 1. The molecule has 1 atom stereocenters. The van der Waals surface area contributed by atoms with E-state index in [2.05, 4.69) is 9.89 Å². The molecular formula is C27H28FN9OS. The first kappa shape index (κ1) is 24.2. The SMILES string of the molecule is Cc1nc(CN2C(=O)c3c(nc(N4CCC[C@@H](N)C4)n3Cc3sccc3F)N3CCN=C23)nc2ccccc12. The maximum atomic E-state index is 14.7. The van der Waals surface area contributed by atoms with Gasteiger partial charge < -0.3 is 10.6 Å². The first-order valence-electron chi connectivity index (χ1n) is 13.2. The Bertz CT molecular complexity index is 1630. The minimum atomic E-state index is -0.285. The van der Waals surface area contributed by atoms with Crippen LogP contribution in [0.25, 0.3) is 10.9 Å². The predicted molar refractivity (Wildman–Crippen MR) is 149 cm³/mol. The van der Waals surface area contributed by atoms with Gasteiger partial charge in [-0.05, 0) is 37.3 Å². The number of imidazole rings is 1. The van der Waals surface area contributed by atoms with Crippen LogP contribution in [0.5, 0.6) is 0 Å². The van der Waals surface area contributed by atoms with E-state index >= 15 is 0 Å². The van der Waals surface area contributed by atoms with Gasteiger partial charge in [-0.3, -0.25) is 24.2 Å². The summed E-state index contributed by atoms with van der Waals surface area (Å²) >= 11 is 1.33. The van der Waals surface area contributed by atoms with Crippen LogP contribution < -0.4 is 15.5 Å². The molecule has 3 aliphatic heterocycles. The smallest absolute Gasteiger partial charge is 0.281 e. The monoisotopic (exact) mass is 545 g/mol. The van der Waals surface area contributed by atoms with Gasteiger partial charge in [0.05, 0.1) is 30.0 Å². The molecule has 1 saturated heterocycles. The van der Waals surface area contributed by atoms with Gasteiger partial charge in [0.2, 0.25) is 11.9 Å². The molecular weight excluding hydrogens is 517 g/mol. The third-order valence-electron chi connectivity index (χ3n) is 7.57. The van der Waals surface area contributed by atoms with Gasteiger partial charge in [-0.1, -0.05) is 18.2 Å². The number of benzene rings is 1. The van der Waals surface area contributed by atoms with Crippen molar-refractivity contribution in [2.24, 2.45) is 10.7 Å². The molecule has 10 nitrogen and oxygen atoms in total. The number of nitrogens with zero attached hydrogens (tertiary/aromatic N) is 8. The Morgan fingerprint density at radius 1 is 1.13 bits per heavy atom. The number of carbonyl (C=O) groups excluding carboxylic acids is 1. The summed E-state index contributed by atoms with van der Waals surface area (Å²) in [5.74, 6) is 1.77. The topological polar surface area (TPSA) is 109 Å². The number of hydrogen-bond acceptors (Lipinski definition) is 9. The standard InChI is InChI=1S/C27H28FN9OS/c1-16-18-6-2-3-7-20(18)32-22(31-16)15-37-25(38)23-24(35-11-9-30-26(35)37)33-27(34-10-4-5-17(29)13-34)36(23)14-21-19(28)8-12-39-21/h2-3,6-8,12,17H,4-5,9-11,13-15,29H2,1H3/t17-/m1/s1. The first-order valence-corrected chi connectivity index (χ1v) is 14.0. The van der Waals surface area contributed by atoms with Crippen LogP contribution >= 0.6 is 11.3 Å². The van der Waals surface area contributed by atoms with Crippen molar-refractivity contribution >= 4 is 45.9 Å². The van der Waals surface area contributed by atoms with Gasteiger partial charge in [-0.15, -0.1) is 11.3 Å². The molecule has 0 aliphatic carbocycles. The van der Waals surface area contributed by atoms with Gasteiger partial charge >= 0.3 is 0 Å². The van der Waals surface area contributed by atoms with Crippen molar-refractivity contribution in [1.82, 2.24) is 24.4 Å². The molecule has 1 aromatic carbocycles. The zero-order valence-corrected chi connectivity index (χ0v) is 22.4. The first-order chi connectivity index (χ1) is 19.0. The van der Waals surface area contributed by atoms with Gasteiger partial charge in [0.25, 0.3) is 5.91 Å². The number of para-hydroxylation sites is 1. The zero-order valence-electron chi connectivity index (χ0n) is 21.5. The van der Waals surface area contributed by atoms with E-state index in [4.69, 9.17) is 20.7 Å². The van der Waals surface area contributed by atoms with Crippen LogP contribution in [0.2, 0.25) is 0 Å². The molecule has 3 aliphatic rings. The Balaban J connectivity index is 1.33. The van der Waals surface area contributed by atoms with E-state index in [1.807, 2.05) is 40.7 Å². The lowest BCUT2D eigenvalue weighted by molar-refractivity contribution is 0.0820. The second-order valence-electron chi connectivity index (χ2n) is 10.2. The molecule has 0 unspecified atom stereocenters. The summed E-state index contributed by atoms with van der Waals surface area (Å²) in [6.07, 6.45) is 1.87. The highest BCUT2D eigenvalue weighted by molar-refractivity contribution is 7.09. The van der Waals surface area contributed by atoms with Crippen molar-refractivity contribution in [3.8, 4) is 0 Å². The van der Waals surface area contributed by atoms with E-state index < -0.39 is 0 Å².